The van der Waals surface area contributed by atoms with Gasteiger partial charge in [0.1, 0.15) is 5.75 Å². The molecule has 0 fully saturated rings. The Labute approximate surface area is 148 Å². The number of rotatable bonds is 3. The molecule has 0 radical (unpaired) electrons. The first kappa shape index (κ1) is 17.8. The van der Waals surface area contributed by atoms with E-state index in [2.05, 4.69) is 15.8 Å². The number of hydrogen-bond acceptors (Lipinski definition) is 4. The maximum atomic E-state index is 11.8. The first-order valence-corrected chi connectivity index (χ1v) is 7.52. The molecule has 6 nitrogen and oxygen atoms in total. The number of carbonyl (C=O) groups is 2. The van der Waals surface area contributed by atoms with Crippen molar-refractivity contribution in [2.75, 3.05) is 5.32 Å². The van der Waals surface area contributed by atoms with Gasteiger partial charge in [-0.3, -0.25) is 9.59 Å². The fourth-order valence-corrected chi connectivity index (χ4v) is 2.12. The topological polar surface area (TPSA) is 90.8 Å². The third kappa shape index (κ3) is 4.47. The normalized spacial score (nSPS) is 10.6. The van der Waals surface area contributed by atoms with Gasteiger partial charge in [-0.15, -0.1) is 0 Å². The van der Waals surface area contributed by atoms with Crippen molar-refractivity contribution in [3.63, 3.8) is 0 Å². The average Bonchev–Trinajstić information content (AvgIpc) is 2.54. The minimum absolute atomic E-state index is 0.0589. The standard InChI is InChI=1S/C16H13Cl2N3O3/c1-9-12(18)3-2-4-13(9)20-15(23)16(24)21-19-8-10-7-11(17)5-6-14(10)22/h2-8,22H,1H3,(H,20,23)(H,21,24)/b19-8-. The number of aromatic hydroxyl groups is 1. The second kappa shape index (κ2) is 7.81. The van der Waals surface area contributed by atoms with Gasteiger partial charge in [-0.2, -0.15) is 5.10 Å². The zero-order valence-electron chi connectivity index (χ0n) is 12.5. The monoisotopic (exact) mass is 365 g/mol. The molecule has 0 saturated heterocycles. The number of amides is 2. The van der Waals surface area contributed by atoms with Crippen molar-refractivity contribution in [3.8, 4) is 5.75 Å². The summed E-state index contributed by atoms with van der Waals surface area (Å²) >= 11 is 11.7. The van der Waals surface area contributed by atoms with Crippen LogP contribution in [0.3, 0.4) is 0 Å². The summed E-state index contributed by atoms with van der Waals surface area (Å²) in [5.74, 6) is -1.92. The van der Waals surface area contributed by atoms with Crippen LogP contribution < -0.4 is 10.7 Å². The quantitative estimate of drug-likeness (QED) is 0.443. The molecule has 124 valence electrons. The Kier molecular flexibility index (Phi) is 5.78. The lowest BCUT2D eigenvalue weighted by molar-refractivity contribution is -0.136. The molecule has 0 atom stereocenters. The summed E-state index contributed by atoms with van der Waals surface area (Å²) in [4.78, 5) is 23.6. The summed E-state index contributed by atoms with van der Waals surface area (Å²) < 4.78 is 0. The Balaban J connectivity index is 1.99. The molecule has 0 aliphatic rings. The zero-order valence-corrected chi connectivity index (χ0v) is 14.0. The highest BCUT2D eigenvalue weighted by atomic mass is 35.5. The van der Waals surface area contributed by atoms with Crippen LogP contribution in [0.2, 0.25) is 10.0 Å². The third-order valence-electron chi connectivity index (χ3n) is 3.08. The molecule has 2 amide bonds. The van der Waals surface area contributed by atoms with E-state index in [9.17, 15) is 14.7 Å². The van der Waals surface area contributed by atoms with Crippen molar-refractivity contribution >= 4 is 46.9 Å². The lowest BCUT2D eigenvalue weighted by Gasteiger charge is -2.08. The van der Waals surface area contributed by atoms with Crippen molar-refractivity contribution in [2.24, 2.45) is 5.10 Å². The molecule has 0 aliphatic carbocycles. The van der Waals surface area contributed by atoms with Crippen molar-refractivity contribution in [1.82, 2.24) is 5.43 Å². The first-order valence-electron chi connectivity index (χ1n) is 6.76. The van der Waals surface area contributed by atoms with Gasteiger partial charge in [0.25, 0.3) is 0 Å². The number of carbonyl (C=O) groups excluding carboxylic acids is 2. The van der Waals surface area contributed by atoms with Crippen molar-refractivity contribution in [1.29, 1.82) is 0 Å². The molecule has 2 aromatic rings. The maximum Gasteiger partial charge on any atom is 0.329 e. The van der Waals surface area contributed by atoms with Crippen LogP contribution in [-0.4, -0.2) is 23.1 Å². The summed E-state index contributed by atoms with van der Waals surface area (Å²) in [6.07, 6.45) is 1.18. The number of anilines is 1. The van der Waals surface area contributed by atoms with Gasteiger partial charge in [0.15, 0.2) is 0 Å². The van der Waals surface area contributed by atoms with Gasteiger partial charge in [0.2, 0.25) is 0 Å². The fraction of sp³-hybridized carbons (Fsp3) is 0.0625. The second-order valence-electron chi connectivity index (χ2n) is 4.77. The van der Waals surface area contributed by atoms with E-state index in [4.69, 9.17) is 23.2 Å². The Morgan fingerprint density at radius 1 is 1.17 bits per heavy atom. The molecule has 0 aromatic heterocycles. The number of phenolic OH excluding ortho intramolecular Hbond substituents is 1. The SMILES string of the molecule is Cc1c(Cl)cccc1NC(=O)C(=O)N/N=C\c1cc(Cl)ccc1O. The molecule has 3 N–H and O–H groups in total. The predicted molar refractivity (Wildman–Crippen MR) is 93.7 cm³/mol. The summed E-state index contributed by atoms with van der Waals surface area (Å²) in [5.41, 5.74) is 3.44. The van der Waals surface area contributed by atoms with Crippen LogP contribution in [0, 0.1) is 6.92 Å². The molecule has 8 heteroatoms. The minimum Gasteiger partial charge on any atom is -0.507 e. The highest BCUT2D eigenvalue weighted by Gasteiger charge is 2.14. The van der Waals surface area contributed by atoms with Crippen molar-refractivity contribution in [3.05, 3.63) is 57.6 Å². The molecule has 0 bridgehead atoms. The Bertz CT molecular complexity index is 822. The second-order valence-corrected chi connectivity index (χ2v) is 5.61. The van der Waals surface area contributed by atoms with E-state index in [1.807, 2.05) is 0 Å². The molecular formula is C16H13Cl2N3O3. The van der Waals surface area contributed by atoms with Gasteiger partial charge in [0, 0.05) is 21.3 Å². The number of hydrazone groups is 1. The van der Waals surface area contributed by atoms with Crippen LogP contribution in [0.25, 0.3) is 0 Å². The van der Waals surface area contributed by atoms with Crippen LogP contribution in [0.15, 0.2) is 41.5 Å². The third-order valence-corrected chi connectivity index (χ3v) is 3.73. The Morgan fingerprint density at radius 2 is 1.92 bits per heavy atom. The summed E-state index contributed by atoms with van der Waals surface area (Å²) in [5, 5.41) is 16.5. The number of benzene rings is 2. The van der Waals surface area contributed by atoms with Gasteiger partial charge < -0.3 is 10.4 Å². The average molecular weight is 366 g/mol. The van der Waals surface area contributed by atoms with Crippen LogP contribution in [0.1, 0.15) is 11.1 Å². The summed E-state index contributed by atoms with van der Waals surface area (Å²) in [6, 6.07) is 9.31. The molecule has 0 spiro atoms. The zero-order chi connectivity index (χ0) is 17.7. The van der Waals surface area contributed by atoms with Crippen LogP contribution in [0.4, 0.5) is 5.69 Å². The Morgan fingerprint density at radius 3 is 2.67 bits per heavy atom. The Hall–Kier alpha value is -2.57. The predicted octanol–water partition coefficient (Wildman–Crippen LogP) is 3.10. The van der Waals surface area contributed by atoms with Crippen LogP contribution in [-0.2, 0) is 9.59 Å². The van der Waals surface area contributed by atoms with E-state index < -0.39 is 11.8 Å². The molecular weight excluding hydrogens is 353 g/mol. The number of hydrogen-bond donors (Lipinski definition) is 3. The van der Waals surface area contributed by atoms with Gasteiger partial charge >= 0.3 is 11.8 Å². The van der Waals surface area contributed by atoms with Gasteiger partial charge in [0.05, 0.1) is 6.21 Å². The minimum atomic E-state index is -0.966. The lowest BCUT2D eigenvalue weighted by atomic mass is 10.2. The highest BCUT2D eigenvalue weighted by molar-refractivity contribution is 6.40. The van der Waals surface area contributed by atoms with E-state index >= 15 is 0 Å². The van der Waals surface area contributed by atoms with E-state index in [-0.39, 0.29) is 5.75 Å². The maximum absolute atomic E-state index is 11.8. The van der Waals surface area contributed by atoms with Crippen LogP contribution in [0.5, 0.6) is 5.75 Å². The van der Waals surface area contributed by atoms with Gasteiger partial charge in [-0.25, -0.2) is 5.43 Å². The van der Waals surface area contributed by atoms with Gasteiger partial charge in [-0.05, 0) is 42.8 Å². The largest absolute Gasteiger partial charge is 0.507 e. The first-order chi connectivity index (χ1) is 11.4. The van der Waals surface area contributed by atoms with E-state index in [1.165, 1.54) is 24.4 Å². The fourth-order valence-electron chi connectivity index (χ4n) is 1.76. The number of nitrogens with zero attached hydrogens (tertiary/aromatic N) is 1. The summed E-state index contributed by atoms with van der Waals surface area (Å²) in [6.45, 7) is 1.72. The molecule has 24 heavy (non-hydrogen) atoms. The van der Waals surface area contributed by atoms with E-state index in [0.29, 0.717) is 26.9 Å². The molecule has 0 unspecified atom stereocenters. The molecule has 0 aliphatic heterocycles. The molecule has 2 aromatic carbocycles. The van der Waals surface area contributed by atoms with Crippen molar-refractivity contribution in [2.45, 2.75) is 6.92 Å². The number of phenols is 1. The molecule has 0 heterocycles. The molecule has 0 saturated carbocycles. The highest BCUT2D eigenvalue weighted by Crippen LogP contribution is 2.22. The van der Waals surface area contributed by atoms with Gasteiger partial charge in [-0.1, -0.05) is 29.3 Å². The van der Waals surface area contributed by atoms with E-state index in [0.717, 1.165) is 0 Å². The number of halogens is 2. The number of nitrogens with one attached hydrogen (secondary N) is 2. The lowest BCUT2D eigenvalue weighted by Crippen LogP contribution is -2.32. The van der Waals surface area contributed by atoms with Crippen molar-refractivity contribution < 1.29 is 14.7 Å². The van der Waals surface area contributed by atoms with E-state index in [1.54, 1.807) is 25.1 Å². The summed E-state index contributed by atoms with van der Waals surface area (Å²) in [7, 11) is 0. The van der Waals surface area contributed by atoms with Crippen LogP contribution >= 0.6 is 23.2 Å². The smallest absolute Gasteiger partial charge is 0.329 e. The molecule has 2 rings (SSSR count).